The first kappa shape index (κ1) is 12.9. The topological polar surface area (TPSA) is 78.9 Å². The molecule has 1 aliphatic carbocycles. The van der Waals surface area contributed by atoms with Crippen molar-refractivity contribution >= 4 is 5.69 Å². The van der Waals surface area contributed by atoms with Gasteiger partial charge in [0.1, 0.15) is 5.75 Å². The van der Waals surface area contributed by atoms with Gasteiger partial charge in [0.2, 0.25) is 0 Å². The quantitative estimate of drug-likeness (QED) is 0.845. The number of anilines is 1. The Balaban J connectivity index is 1.96. The van der Waals surface area contributed by atoms with Crippen LogP contribution in [0.1, 0.15) is 32.2 Å². The molecule has 0 amide bonds. The molecular formula is C14H19N5O. The van der Waals surface area contributed by atoms with Gasteiger partial charge in [-0.2, -0.15) is 0 Å². The molecule has 0 radical (unpaired) electrons. The Morgan fingerprint density at radius 2 is 2.30 bits per heavy atom. The number of tetrazole rings is 1. The van der Waals surface area contributed by atoms with E-state index in [1.54, 1.807) is 7.11 Å². The molecule has 2 atom stereocenters. The molecule has 1 heterocycles. The molecule has 1 aromatic carbocycles. The Morgan fingerprint density at radius 3 is 3.05 bits per heavy atom. The molecule has 2 N–H and O–H groups in total. The van der Waals surface area contributed by atoms with E-state index in [4.69, 9.17) is 10.5 Å². The van der Waals surface area contributed by atoms with Gasteiger partial charge in [-0.1, -0.05) is 13.3 Å². The fourth-order valence-corrected chi connectivity index (χ4v) is 2.71. The SMILES string of the molecule is CCCC1CC1n1nnnc1-c1cc(N)ccc1OC. The second kappa shape index (κ2) is 5.11. The maximum atomic E-state index is 5.87. The maximum Gasteiger partial charge on any atom is 0.186 e. The molecule has 0 aliphatic heterocycles. The summed E-state index contributed by atoms with van der Waals surface area (Å²) in [6.45, 7) is 2.21. The molecule has 6 nitrogen and oxygen atoms in total. The van der Waals surface area contributed by atoms with Gasteiger partial charge in [-0.25, -0.2) is 4.68 Å². The summed E-state index contributed by atoms with van der Waals surface area (Å²) < 4.78 is 7.30. The number of aromatic nitrogens is 4. The van der Waals surface area contributed by atoms with Gasteiger partial charge in [0.15, 0.2) is 5.82 Å². The smallest absolute Gasteiger partial charge is 0.186 e. The van der Waals surface area contributed by atoms with E-state index in [0.717, 1.165) is 23.6 Å². The standard InChI is InChI=1S/C14H19N5O/c1-3-4-9-7-12(9)19-14(16-17-18-19)11-8-10(15)5-6-13(11)20-2/h5-6,8-9,12H,3-4,7,15H2,1-2H3. The number of hydrogen-bond donors (Lipinski definition) is 1. The number of nitrogens with zero attached hydrogens (tertiary/aromatic N) is 4. The molecule has 2 aromatic rings. The van der Waals surface area contributed by atoms with E-state index in [-0.39, 0.29) is 0 Å². The van der Waals surface area contributed by atoms with Crippen LogP contribution in [0.2, 0.25) is 0 Å². The summed E-state index contributed by atoms with van der Waals surface area (Å²) in [5.41, 5.74) is 7.40. The number of methoxy groups -OCH3 is 1. The van der Waals surface area contributed by atoms with Crippen LogP contribution < -0.4 is 10.5 Å². The van der Waals surface area contributed by atoms with E-state index >= 15 is 0 Å². The fourth-order valence-electron chi connectivity index (χ4n) is 2.71. The minimum atomic E-state index is 0.408. The Labute approximate surface area is 117 Å². The van der Waals surface area contributed by atoms with Crippen molar-refractivity contribution in [3.8, 4) is 17.1 Å². The van der Waals surface area contributed by atoms with Crippen molar-refractivity contribution < 1.29 is 4.74 Å². The van der Waals surface area contributed by atoms with Crippen LogP contribution in [-0.2, 0) is 0 Å². The number of hydrogen-bond acceptors (Lipinski definition) is 5. The number of ether oxygens (including phenoxy) is 1. The maximum absolute atomic E-state index is 5.87. The third kappa shape index (κ3) is 2.21. The lowest BCUT2D eigenvalue weighted by Crippen LogP contribution is -2.03. The van der Waals surface area contributed by atoms with E-state index in [9.17, 15) is 0 Å². The van der Waals surface area contributed by atoms with Gasteiger partial charge < -0.3 is 10.5 Å². The van der Waals surface area contributed by atoms with E-state index in [2.05, 4.69) is 22.4 Å². The highest BCUT2D eigenvalue weighted by Gasteiger charge is 2.40. The highest BCUT2D eigenvalue weighted by atomic mass is 16.5. The lowest BCUT2D eigenvalue weighted by atomic mass is 10.1. The summed E-state index contributed by atoms with van der Waals surface area (Å²) in [7, 11) is 1.64. The van der Waals surface area contributed by atoms with Crippen LogP contribution in [0.3, 0.4) is 0 Å². The van der Waals surface area contributed by atoms with E-state index in [0.29, 0.717) is 17.6 Å². The average molecular weight is 273 g/mol. The van der Waals surface area contributed by atoms with Crippen LogP contribution in [0.5, 0.6) is 5.75 Å². The van der Waals surface area contributed by atoms with Gasteiger partial charge in [-0.15, -0.1) is 5.10 Å². The minimum absolute atomic E-state index is 0.408. The lowest BCUT2D eigenvalue weighted by molar-refractivity contribution is 0.415. The predicted molar refractivity (Wildman–Crippen MR) is 76.3 cm³/mol. The van der Waals surface area contributed by atoms with Crippen molar-refractivity contribution in [3.05, 3.63) is 18.2 Å². The summed E-state index contributed by atoms with van der Waals surface area (Å²) in [5.74, 6) is 2.16. The lowest BCUT2D eigenvalue weighted by Gasteiger charge is -2.09. The van der Waals surface area contributed by atoms with Crippen LogP contribution in [0.4, 0.5) is 5.69 Å². The van der Waals surface area contributed by atoms with Crippen LogP contribution >= 0.6 is 0 Å². The summed E-state index contributed by atoms with van der Waals surface area (Å²) in [6.07, 6.45) is 3.56. The van der Waals surface area contributed by atoms with Crippen molar-refractivity contribution in [2.24, 2.45) is 5.92 Å². The Bertz CT molecular complexity index is 609. The number of rotatable bonds is 5. The molecule has 1 saturated carbocycles. The van der Waals surface area contributed by atoms with Crippen LogP contribution in [0.25, 0.3) is 11.4 Å². The molecule has 0 bridgehead atoms. The van der Waals surface area contributed by atoms with Crippen molar-refractivity contribution in [1.82, 2.24) is 20.2 Å². The van der Waals surface area contributed by atoms with Crippen molar-refractivity contribution in [2.75, 3.05) is 12.8 Å². The van der Waals surface area contributed by atoms with Crippen molar-refractivity contribution in [2.45, 2.75) is 32.2 Å². The predicted octanol–water partition coefficient (Wildman–Crippen LogP) is 2.29. The molecule has 0 saturated heterocycles. The van der Waals surface area contributed by atoms with Crippen molar-refractivity contribution in [1.29, 1.82) is 0 Å². The molecule has 1 fully saturated rings. The Morgan fingerprint density at radius 1 is 1.45 bits per heavy atom. The van der Waals surface area contributed by atoms with Crippen LogP contribution in [-0.4, -0.2) is 27.3 Å². The first-order valence-electron chi connectivity index (χ1n) is 6.96. The van der Waals surface area contributed by atoms with Crippen LogP contribution in [0.15, 0.2) is 18.2 Å². The van der Waals surface area contributed by atoms with Gasteiger partial charge in [0.25, 0.3) is 0 Å². The molecule has 3 rings (SSSR count). The Kier molecular flexibility index (Phi) is 3.30. The second-order valence-corrected chi connectivity index (χ2v) is 5.26. The van der Waals surface area contributed by atoms with Gasteiger partial charge in [-0.3, -0.25) is 0 Å². The first-order chi connectivity index (χ1) is 9.74. The largest absolute Gasteiger partial charge is 0.496 e. The Hall–Kier alpha value is -2.11. The molecule has 1 aliphatic rings. The fraction of sp³-hybridized carbons (Fsp3) is 0.500. The molecule has 0 spiro atoms. The number of nitrogens with two attached hydrogens (primary N) is 1. The average Bonchev–Trinajstić information content (AvgIpc) is 3.04. The third-order valence-corrected chi connectivity index (χ3v) is 3.82. The summed E-state index contributed by atoms with van der Waals surface area (Å²) in [5, 5.41) is 12.1. The van der Waals surface area contributed by atoms with Gasteiger partial charge in [-0.05, 0) is 47.4 Å². The molecule has 20 heavy (non-hydrogen) atoms. The van der Waals surface area contributed by atoms with Crippen LogP contribution in [0, 0.1) is 5.92 Å². The third-order valence-electron chi connectivity index (χ3n) is 3.82. The summed E-state index contributed by atoms with van der Waals surface area (Å²) in [4.78, 5) is 0. The zero-order valence-corrected chi connectivity index (χ0v) is 11.8. The van der Waals surface area contributed by atoms with E-state index < -0.39 is 0 Å². The van der Waals surface area contributed by atoms with Crippen molar-refractivity contribution in [3.63, 3.8) is 0 Å². The monoisotopic (exact) mass is 273 g/mol. The molecule has 1 aromatic heterocycles. The zero-order valence-electron chi connectivity index (χ0n) is 11.8. The van der Waals surface area contributed by atoms with E-state index in [1.165, 1.54) is 12.8 Å². The number of benzene rings is 1. The van der Waals surface area contributed by atoms with Gasteiger partial charge >= 0.3 is 0 Å². The van der Waals surface area contributed by atoms with Gasteiger partial charge in [0.05, 0.1) is 18.7 Å². The normalized spacial score (nSPS) is 20.9. The highest BCUT2D eigenvalue weighted by Crippen LogP contribution is 2.47. The summed E-state index contributed by atoms with van der Waals surface area (Å²) in [6, 6.07) is 5.93. The first-order valence-corrected chi connectivity index (χ1v) is 6.96. The second-order valence-electron chi connectivity index (χ2n) is 5.26. The summed E-state index contributed by atoms with van der Waals surface area (Å²) >= 11 is 0. The molecular weight excluding hydrogens is 254 g/mol. The van der Waals surface area contributed by atoms with E-state index in [1.807, 2.05) is 22.9 Å². The molecule has 6 heteroatoms. The zero-order chi connectivity index (χ0) is 14.1. The molecule has 2 unspecified atom stereocenters. The minimum Gasteiger partial charge on any atom is -0.496 e. The van der Waals surface area contributed by atoms with Gasteiger partial charge in [0, 0.05) is 5.69 Å². The highest BCUT2D eigenvalue weighted by molar-refractivity contribution is 5.68. The number of nitrogen functional groups attached to an aromatic ring is 1. The molecule has 106 valence electrons.